The van der Waals surface area contributed by atoms with Crippen LogP contribution in [0.1, 0.15) is 49.7 Å². The standard InChI is InChI=1S/C25H31N3O3/c1-4-19(16-25(29)30-3)20-7-10-24(28(2)22-11-13-31-14-12-22)23(15-20)27-21-8-5-18(17-26)6-9-21/h5-10,15,19,22,27H,4,11-14,16H2,1-3H3. The molecule has 6 heteroatoms. The number of nitrogens with zero attached hydrogens (tertiary/aromatic N) is 2. The molecule has 31 heavy (non-hydrogen) atoms. The Bertz CT molecular complexity index is 915. The summed E-state index contributed by atoms with van der Waals surface area (Å²) in [5.41, 5.74) is 4.74. The lowest BCUT2D eigenvalue weighted by molar-refractivity contribution is -0.141. The second-order valence-corrected chi connectivity index (χ2v) is 7.93. The van der Waals surface area contributed by atoms with Gasteiger partial charge in [0.15, 0.2) is 0 Å². The van der Waals surface area contributed by atoms with Gasteiger partial charge in [-0.25, -0.2) is 0 Å². The highest BCUT2D eigenvalue weighted by molar-refractivity contribution is 5.77. The monoisotopic (exact) mass is 421 g/mol. The fourth-order valence-electron chi connectivity index (χ4n) is 4.05. The minimum atomic E-state index is -0.197. The largest absolute Gasteiger partial charge is 0.469 e. The first kappa shape index (κ1) is 22.6. The Kier molecular flexibility index (Phi) is 7.91. The van der Waals surface area contributed by atoms with Crippen molar-refractivity contribution in [2.45, 2.75) is 44.6 Å². The van der Waals surface area contributed by atoms with E-state index in [2.05, 4.69) is 48.5 Å². The van der Waals surface area contributed by atoms with Crippen molar-refractivity contribution >= 4 is 23.0 Å². The molecule has 0 aliphatic carbocycles. The molecule has 1 unspecified atom stereocenters. The maximum absolute atomic E-state index is 11.9. The number of anilines is 3. The van der Waals surface area contributed by atoms with Gasteiger partial charge in [-0.1, -0.05) is 13.0 Å². The lowest BCUT2D eigenvalue weighted by Crippen LogP contribution is -2.37. The van der Waals surface area contributed by atoms with Crippen molar-refractivity contribution in [2.24, 2.45) is 0 Å². The highest BCUT2D eigenvalue weighted by Crippen LogP contribution is 2.36. The Morgan fingerprint density at radius 1 is 1.26 bits per heavy atom. The van der Waals surface area contributed by atoms with E-state index in [9.17, 15) is 4.79 Å². The molecule has 0 amide bonds. The molecule has 0 radical (unpaired) electrons. The van der Waals surface area contributed by atoms with Crippen molar-refractivity contribution in [2.75, 3.05) is 37.6 Å². The van der Waals surface area contributed by atoms with Gasteiger partial charge in [0.05, 0.1) is 36.5 Å². The van der Waals surface area contributed by atoms with Crippen LogP contribution in [-0.2, 0) is 14.3 Å². The maximum atomic E-state index is 11.9. The lowest BCUT2D eigenvalue weighted by atomic mass is 9.92. The van der Waals surface area contributed by atoms with E-state index in [1.54, 1.807) is 12.1 Å². The Morgan fingerprint density at radius 3 is 2.58 bits per heavy atom. The van der Waals surface area contributed by atoms with E-state index in [0.717, 1.165) is 55.1 Å². The minimum absolute atomic E-state index is 0.0939. The molecular weight excluding hydrogens is 390 g/mol. The summed E-state index contributed by atoms with van der Waals surface area (Å²) in [7, 11) is 3.56. The first-order valence-corrected chi connectivity index (χ1v) is 10.8. The first-order valence-electron chi connectivity index (χ1n) is 10.8. The highest BCUT2D eigenvalue weighted by atomic mass is 16.5. The number of carbonyl (C=O) groups excluding carboxylic acids is 1. The number of nitrogens with one attached hydrogen (secondary N) is 1. The Hall–Kier alpha value is -3.04. The Balaban J connectivity index is 1.94. The summed E-state index contributed by atoms with van der Waals surface area (Å²) >= 11 is 0. The van der Waals surface area contributed by atoms with Gasteiger partial charge in [-0.2, -0.15) is 5.26 Å². The third-order valence-electron chi connectivity index (χ3n) is 6.04. The number of hydrogen-bond acceptors (Lipinski definition) is 6. The summed E-state index contributed by atoms with van der Waals surface area (Å²) in [4.78, 5) is 14.2. The van der Waals surface area contributed by atoms with Crippen LogP contribution in [0, 0.1) is 11.3 Å². The van der Waals surface area contributed by atoms with Crippen LogP contribution in [-0.4, -0.2) is 39.4 Å². The molecule has 1 heterocycles. The van der Waals surface area contributed by atoms with Crippen LogP contribution in [0.25, 0.3) is 0 Å². The van der Waals surface area contributed by atoms with E-state index in [0.29, 0.717) is 18.0 Å². The molecule has 6 nitrogen and oxygen atoms in total. The molecule has 0 aromatic heterocycles. The lowest BCUT2D eigenvalue weighted by Gasteiger charge is -2.34. The molecule has 1 N–H and O–H groups in total. The van der Waals surface area contributed by atoms with Crippen molar-refractivity contribution in [3.8, 4) is 6.07 Å². The third-order valence-corrected chi connectivity index (χ3v) is 6.04. The van der Waals surface area contributed by atoms with E-state index in [1.165, 1.54) is 7.11 Å². The zero-order valence-corrected chi connectivity index (χ0v) is 18.6. The van der Waals surface area contributed by atoms with Gasteiger partial charge in [0.2, 0.25) is 0 Å². The predicted molar refractivity (Wildman–Crippen MR) is 123 cm³/mol. The van der Waals surface area contributed by atoms with Gasteiger partial charge in [-0.05, 0) is 67.1 Å². The molecular formula is C25H31N3O3. The number of carbonyl (C=O) groups is 1. The van der Waals surface area contributed by atoms with E-state index >= 15 is 0 Å². The molecule has 1 saturated heterocycles. The second-order valence-electron chi connectivity index (χ2n) is 7.93. The molecule has 164 valence electrons. The van der Waals surface area contributed by atoms with Crippen molar-refractivity contribution in [3.63, 3.8) is 0 Å². The van der Waals surface area contributed by atoms with E-state index in [4.69, 9.17) is 14.7 Å². The van der Waals surface area contributed by atoms with E-state index < -0.39 is 0 Å². The molecule has 1 aliphatic rings. The smallest absolute Gasteiger partial charge is 0.306 e. The highest BCUT2D eigenvalue weighted by Gasteiger charge is 2.22. The van der Waals surface area contributed by atoms with Gasteiger partial charge >= 0.3 is 5.97 Å². The predicted octanol–water partition coefficient (Wildman–Crippen LogP) is 4.97. The van der Waals surface area contributed by atoms with Crippen LogP contribution >= 0.6 is 0 Å². The molecule has 0 bridgehead atoms. The fourth-order valence-corrected chi connectivity index (χ4v) is 4.05. The number of rotatable bonds is 8. The summed E-state index contributed by atoms with van der Waals surface area (Å²) in [5, 5.41) is 12.6. The Labute approximate surface area is 184 Å². The molecule has 0 saturated carbocycles. The summed E-state index contributed by atoms with van der Waals surface area (Å²) in [6.07, 6.45) is 3.20. The van der Waals surface area contributed by atoms with Crippen molar-refractivity contribution < 1.29 is 14.3 Å². The summed E-state index contributed by atoms with van der Waals surface area (Å²) < 4.78 is 10.4. The number of hydrogen-bond donors (Lipinski definition) is 1. The van der Waals surface area contributed by atoms with Gasteiger partial charge in [-0.3, -0.25) is 4.79 Å². The fraction of sp³-hybridized carbons (Fsp3) is 0.440. The van der Waals surface area contributed by atoms with Crippen molar-refractivity contribution in [1.29, 1.82) is 5.26 Å². The van der Waals surface area contributed by atoms with Gasteiger partial charge in [0.1, 0.15) is 0 Å². The summed E-state index contributed by atoms with van der Waals surface area (Å²) in [5.74, 6) is -0.103. The van der Waals surface area contributed by atoms with E-state index in [-0.39, 0.29) is 11.9 Å². The number of ether oxygens (including phenoxy) is 2. The number of benzene rings is 2. The molecule has 1 aliphatic heterocycles. The van der Waals surface area contributed by atoms with Gasteiger partial charge in [-0.15, -0.1) is 0 Å². The number of nitriles is 1. The molecule has 3 rings (SSSR count). The minimum Gasteiger partial charge on any atom is -0.469 e. The topological polar surface area (TPSA) is 74.6 Å². The summed E-state index contributed by atoms with van der Waals surface area (Å²) in [6, 6.07) is 16.4. The normalized spacial score (nSPS) is 15.0. The zero-order valence-electron chi connectivity index (χ0n) is 18.6. The molecule has 2 aromatic carbocycles. The number of esters is 1. The molecule has 1 fully saturated rings. The molecule has 0 spiro atoms. The van der Waals surface area contributed by atoms with Crippen LogP contribution < -0.4 is 10.2 Å². The summed E-state index contributed by atoms with van der Waals surface area (Å²) in [6.45, 7) is 3.65. The van der Waals surface area contributed by atoms with Crippen molar-refractivity contribution in [1.82, 2.24) is 0 Å². The average Bonchev–Trinajstić information content (AvgIpc) is 2.83. The quantitative estimate of drug-likeness (QED) is 0.607. The molecule has 1 atom stereocenters. The van der Waals surface area contributed by atoms with Crippen LogP contribution in [0.2, 0.25) is 0 Å². The van der Waals surface area contributed by atoms with Crippen LogP contribution in [0.5, 0.6) is 0 Å². The van der Waals surface area contributed by atoms with Gasteiger partial charge < -0.3 is 19.7 Å². The first-order chi connectivity index (χ1) is 15.0. The SMILES string of the molecule is CCC(CC(=O)OC)c1ccc(N(C)C2CCOCC2)c(Nc2ccc(C#N)cc2)c1. The average molecular weight is 422 g/mol. The van der Waals surface area contributed by atoms with Crippen LogP contribution in [0.4, 0.5) is 17.1 Å². The van der Waals surface area contributed by atoms with E-state index in [1.807, 2.05) is 12.1 Å². The van der Waals surface area contributed by atoms with Gasteiger partial charge in [0.25, 0.3) is 0 Å². The zero-order chi connectivity index (χ0) is 22.2. The Morgan fingerprint density at radius 2 is 1.97 bits per heavy atom. The van der Waals surface area contributed by atoms with Crippen molar-refractivity contribution in [3.05, 3.63) is 53.6 Å². The van der Waals surface area contributed by atoms with Crippen LogP contribution in [0.15, 0.2) is 42.5 Å². The molecule has 2 aromatic rings. The maximum Gasteiger partial charge on any atom is 0.306 e. The number of methoxy groups -OCH3 is 1. The third kappa shape index (κ3) is 5.77. The van der Waals surface area contributed by atoms with Crippen LogP contribution in [0.3, 0.4) is 0 Å². The second kappa shape index (κ2) is 10.8. The van der Waals surface area contributed by atoms with Gasteiger partial charge in [0, 0.05) is 32.0 Å².